The minimum Gasteiger partial charge on any atom is -0.432 e. The molecule has 0 aliphatic heterocycles. The van der Waals surface area contributed by atoms with E-state index in [1.807, 2.05) is 0 Å². The van der Waals surface area contributed by atoms with Gasteiger partial charge in [0.2, 0.25) is 0 Å². The van der Waals surface area contributed by atoms with E-state index < -0.39 is 18.2 Å². The zero-order chi connectivity index (χ0) is 13.8. The second-order valence-electron chi connectivity index (χ2n) is 4.58. The monoisotopic (exact) mass is 291 g/mol. The van der Waals surface area contributed by atoms with Gasteiger partial charge in [-0.2, -0.15) is 8.78 Å². The summed E-state index contributed by atoms with van der Waals surface area (Å²) in [6.45, 7) is -3.04. The quantitative estimate of drug-likeness (QED) is 0.833. The molecule has 0 saturated heterocycles. The summed E-state index contributed by atoms with van der Waals surface area (Å²) < 4.78 is 41.9. The molecule has 0 aromatic heterocycles. The van der Waals surface area contributed by atoms with Crippen molar-refractivity contribution in [3.63, 3.8) is 0 Å². The lowest BCUT2D eigenvalue weighted by atomic mass is 10.0. The summed E-state index contributed by atoms with van der Waals surface area (Å²) in [5.74, 6) is -1.30. The fraction of sp³-hybridized carbons (Fsp3) is 0.538. The summed E-state index contributed by atoms with van der Waals surface area (Å²) in [6.07, 6.45) is 5.72. The lowest BCUT2D eigenvalue weighted by Crippen LogP contribution is -2.09. The van der Waals surface area contributed by atoms with Crippen LogP contribution < -0.4 is 10.5 Å². The Labute approximate surface area is 114 Å². The third kappa shape index (κ3) is 3.96. The van der Waals surface area contributed by atoms with Crippen LogP contribution in [0.25, 0.3) is 0 Å². The number of nitrogens with two attached hydrogens (primary N) is 1. The van der Waals surface area contributed by atoms with E-state index in [-0.39, 0.29) is 5.69 Å². The van der Waals surface area contributed by atoms with Gasteiger partial charge in [-0.3, -0.25) is 0 Å². The first-order valence-corrected chi connectivity index (χ1v) is 7.14. The molecule has 1 aromatic rings. The molecule has 6 heteroatoms. The Hall–Kier alpha value is -1.04. The molecule has 0 spiro atoms. The molecule has 1 aliphatic carbocycles. The van der Waals surface area contributed by atoms with Crippen LogP contribution in [0.3, 0.4) is 0 Å². The Morgan fingerprint density at radius 1 is 1.21 bits per heavy atom. The topological polar surface area (TPSA) is 35.2 Å². The molecule has 0 radical (unpaired) electrons. The van der Waals surface area contributed by atoms with Crippen LogP contribution in [0.15, 0.2) is 17.0 Å². The van der Waals surface area contributed by atoms with Crippen molar-refractivity contribution in [3.05, 3.63) is 17.9 Å². The fourth-order valence-corrected chi connectivity index (χ4v) is 3.50. The van der Waals surface area contributed by atoms with E-state index in [2.05, 4.69) is 4.74 Å². The van der Waals surface area contributed by atoms with Crippen LogP contribution in [-0.4, -0.2) is 11.9 Å². The molecule has 2 rings (SSSR count). The molecule has 0 heterocycles. The minimum atomic E-state index is -3.04. The van der Waals surface area contributed by atoms with E-state index in [4.69, 9.17) is 5.73 Å². The van der Waals surface area contributed by atoms with Gasteiger partial charge in [0.05, 0.1) is 0 Å². The first kappa shape index (κ1) is 14.4. The molecule has 0 amide bonds. The Morgan fingerprint density at radius 2 is 1.89 bits per heavy atom. The van der Waals surface area contributed by atoms with E-state index >= 15 is 0 Å². The maximum Gasteiger partial charge on any atom is 0.387 e. The van der Waals surface area contributed by atoms with Crippen molar-refractivity contribution in [1.29, 1.82) is 0 Å². The number of halogens is 3. The molecule has 1 fully saturated rings. The van der Waals surface area contributed by atoms with Crippen molar-refractivity contribution >= 4 is 17.4 Å². The summed E-state index contributed by atoms with van der Waals surface area (Å²) in [5.41, 5.74) is 6.01. The summed E-state index contributed by atoms with van der Waals surface area (Å²) in [4.78, 5) is 0.615. The number of thioether (sulfide) groups is 1. The van der Waals surface area contributed by atoms with Crippen LogP contribution >= 0.6 is 11.8 Å². The Morgan fingerprint density at radius 3 is 2.53 bits per heavy atom. The number of nitrogen functional groups attached to an aromatic ring is 1. The van der Waals surface area contributed by atoms with E-state index in [9.17, 15) is 13.2 Å². The van der Waals surface area contributed by atoms with Crippen LogP contribution in [0.1, 0.15) is 32.1 Å². The zero-order valence-corrected chi connectivity index (χ0v) is 11.2. The molecule has 2 N–H and O–H groups in total. The number of anilines is 1. The minimum absolute atomic E-state index is 0.273. The van der Waals surface area contributed by atoms with Crippen molar-refractivity contribution < 1.29 is 17.9 Å². The molecule has 1 aromatic carbocycles. The Balaban J connectivity index is 2.14. The molecule has 19 heavy (non-hydrogen) atoms. The third-order valence-corrected chi connectivity index (χ3v) is 4.54. The van der Waals surface area contributed by atoms with Crippen molar-refractivity contribution in [1.82, 2.24) is 0 Å². The molecular weight excluding hydrogens is 275 g/mol. The van der Waals surface area contributed by atoms with Gasteiger partial charge >= 0.3 is 6.61 Å². The van der Waals surface area contributed by atoms with Gasteiger partial charge in [-0.1, -0.05) is 19.3 Å². The molecule has 0 unspecified atom stereocenters. The van der Waals surface area contributed by atoms with Gasteiger partial charge in [0.1, 0.15) is 0 Å². The highest BCUT2D eigenvalue weighted by molar-refractivity contribution is 8.00. The zero-order valence-electron chi connectivity index (χ0n) is 10.4. The summed E-state index contributed by atoms with van der Waals surface area (Å²) in [7, 11) is 0. The number of hydrogen-bond donors (Lipinski definition) is 1. The highest BCUT2D eigenvalue weighted by Gasteiger charge is 2.18. The first-order valence-electron chi connectivity index (χ1n) is 6.26. The predicted molar refractivity (Wildman–Crippen MR) is 70.2 cm³/mol. The predicted octanol–water partition coefficient (Wildman–Crippen LogP) is 4.43. The number of hydrogen-bond acceptors (Lipinski definition) is 3. The summed E-state index contributed by atoms with van der Waals surface area (Å²) in [6, 6.07) is 2.32. The van der Waals surface area contributed by atoms with Gasteiger partial charge in [-0.25, -0.2) is 4.39 Å². The van der Waals surface area contributed by atoms with Gasteiger partial charge in [0.25, 0.3) is 0 Å². The standard InChI is InChI=1S/C13H16F3NOS/c14-9-6-10(17)12(7-11(9)18-13(15)16)19-8-4-2-1-3-5-8/h6-8,13H,1-5,17H2. The molecule has 106 valence electrons. The van der Waals surface area contributed by atoms with Gasteiger partial charge < -0.3 is 10.5 Å². The van der Waals surface area contributed by atoms with Crippen molar-refractivity contribution in [2.45, 2.75) is 48.9 Å². The van der Waals surface area contributed by atoms with Gasteiger partial charge in [-0.15, -0.1) is 11.8 Å². The maximum absolute atomic E-state index is 13.4. The summed E-state index contributed by atoms with van der Waals surface area (Å²) in [5, 5.41) is 0.418. The van der Waals surface area contributed by atoms with Crippen LogP contribution in [-0.2, 0) is 0 Å². The van der Waals surface area contributed by atoms with Crippen molar-refractivity contribution in [2.75, 3.05) is 5.73 Å². The molecular formula is C13H16F3NOS. The van der Waals surface area contributed by atoms with Crippen LogP contribution in [0.5, 0.6) is 5.75 Å². The van der Waals surface area contributed by atoms with Crippen LogP contribution in [0.2, 0.25) is 0 Å². The van der Waals surface area contributed by atoms with Crippen molar-refractivity contribution in [2.24, 2.45) is 0 Å². The Kier molecular flexibility index (Phi) is 4.85. The number of ether oxygens (including phenoxy) is 1. The van der Waals surface area contributed by atoms with Crippen LogP contribution in [0.4, 0.5) is 18.9 Å². The second kappa shape index (κ2) is 6.41. The normalized spacial score (nSPS) is 16.8. The third-order valence-electron chi connectivity index (χ3n) is 3.13. The Bertz CT molecular complexity index is 436. The van der Waals surface area contributed by atoms with E-state index in [0.717, 1.165) is 18.9 Å². The molecule has 0 bridgehead atoms. The van der Waals surface area contributed by atoms with Crippen molar-refractivity contribution in [3.8, 4) is 5.75 Å². The highest BCUT2D eigenvalue weighted by Crippen LogP contribution is 2.39. The molecule has 0 atom stereocenters. The highest BCUT2D eigenvalue weighted by atomic mass is 32.2. The lowest BCUT2D eigenvalue weighted by molar-refractivity contribution is -0.0523. The maximum atomic E-state index is 13.4. The van der Waals surface area contributed by atoms with Gasteiger partial charge in [0.15, 0.2) is 11.6 Å². The van der Waals surface area contributed by atoms with Gasteiger partial charge in [0, 0.05) is 21.9 Å². The van der Waals surface area contributed by atoms with Crippen LogP contribution in [0, 0.1) is 5.82 Å². The smallest absolute Gasteiger partial charge is 0.387 e. The molecule has 2 nitrogen and oxygen atoms in total. The SMILES string of the molecule is Nc1cc(F)c(OC(F)F)cc1SC1CCCCC1. The second-order valence-corrected chi connectivity index (χ2v) is 5.92. The van der Waals surface area contributed by atoms with Gasteiger partial charge in [-0.05, 0) is 18.9 Å². The number of alkyl halides is 2. The van der Waals surface area contributed by atoms with E-state index in [1.54, 1.807) is 0 Å². The molecule has 1 saturated carbocycles. The number of benzene rings is 1. The average molecular weight is 291 g/mol. The first-order chi connectivity index (χ1) is 9.06. The van der Waals surface area contributed by atoms with E-state index in [1.165, 1.54) is 37.1 Å². The summed E-state index contributed by atoms with van der Waals surface area (Å²) >= 11 is 1.52. The van der Waals surface area contributed by atoms with E-state index in [0.29, 0.717) is 10.1 Å². The average Bonchev–Trinajstić information content (AvgIpc) is 2.36. The fourth-order valence-electron chi connectivity index (χ4n) is 2.20. The largest absolute Gasteiger partial charge is 0.432 e. The molecule has 1 aliphatic rings. The lowest BCUT2D eigenvalue weighted by Gasteiger charge is -2.22. The number of rotatable bonds is 4.